The first kappa shape index (κ1) is 14.1. The van der Waals surface area contributed by atoms with Gasteiger partial charge in [-0.1, -0.05) is 29.3 Å². The molecule has 0 amide bonds. The fourth-order valence-corrected chi connectivity index (χ4v) is 2.35. The molecule has 0 fully saturated rings. The van der Waals surface area contributed by atoms with Crippen molar-refractivity contribution in [3.63, 3.8) is 0 Å². The van der Waals surface area contributed by atoms with Gasteiger partial charge >= 0.3 is 0 Å². The van der Waals surface area contributed by atoms with Gasteiger partial charge < -0.3 is 5.32 Å². The Hall–Kier alpha value is 0.0500. The van der Waals surface area contributed by atoms with Gasteiger partial charge in [-0.25, -0.2) is 0 Å². The van der Waals surface area contributed by atoms with Gasteiger partial charge in [-0.3, -0.25) is 0 Å². The van der Waals surface area contributed by atoms with Gasteiger partial charge in [0.15, 0.2) is 0 Å². The third-order valence-corrected chi connectivity index (χ3v) is 3.25. The molecule has 0 aromatic heterocycles. The third kappa shape index (κ3) is 4.50. The zero-order chi connectivity index (χ0) is 12.1. The van der Waals surface area contributed by atoms with Crippen molar-refractivity contribution >= 4 is 34.8 Å². The number of hydrogen-bond acceptors (Lipinski definition) is 1. The van der Waals surface area contributed by atoms with Crippen molar-refractivity contribution in [3.05, 3.63) is 33.8 Å². The fourth-order valence-electron chi connectivity index (χ4n) is 1.55. The van der Waals surface area contributed by atoms with Crippen LogP contribution in [0, 0.1) is 0 Å². The molecule has 2 atom stereocenters. The van der Waals surface area contributed by atoms with E-state index in [1.165, 1.54) is 0 Å². The standard InChI is InChI=1S/C12H16Cl3N/c1-8(13)6-9(2)16-7-10-11(14)4-3-5-12(10)15/h3-5,8-9,16H,6-7H2,1-2H3. The monoisotopic (exact) mass is 279 g/mol. The maximum atomic E-state index is 6.07. The summed E-state index contributed by atoms with van der Waals surface area (Å²) in [6, 6.07) is 5.89. The summed E-state index contributed by atoms with van der Waals surface area (Å²) >= 11 is 18.1. The molecule has 1 N–H and O–H groups in total. The van der Waals surface area contributed by atoms with Crippen molar-refractivity contribution in [1.82, 2.24) is 5.32 Å². The first-order valence-corrected chi connectivity index (χ1v) is 6.50. The van der Waals surface area contributed by atoms with Crippen LogP contribution >= 0.6 is 34.8 Å². The number of halogens is 3. The number of hydrogen-bond donors (Lipinski definition) is 1. The van der Waals surface area contributed by atoms with E-state index in [1.807, 2.05) is 25.1 Å². The lowest BCUT2D eigenvalue weighted by atomic mass is 10.1. The van der Waals surface area contributed by atoms with Gasteiger partial charge in [-0.05, 0) is 32.4 Å². The quantitative estimate of drug-likeness (QED) is 0.784. The van der Waals surface area contributed by atoms with Crippen LogP contribution in [0.25, 0.3) is 0 Å². The molecule has 1 rings (SSSR count). The Morgan fingerprint density at radius 1 is 1.19 bits per heavy atom. The van der Waals surface area contributed by atoms with E-state index in [0.29, 0.717) is 22.6 Å². The van der Waals surface area contributed by atoms with Crippen molar-refractivity contribution in [2.45, 2.75) is 38.2 Å². The highest BCUT2D eigenvalue weighted by molar-refractivity contribution is 6.35. The molecule has 1 aromatic carbocycles. The van der Waals surface area contributed by atoms with Crippen LogP contribution in [0.15, 0.2) is 18.2 Å². The van der Waals surface area contributed by atoms with Gasteiger partial charge in [0.05, 0.1) is 0 Å². The van der Waals surface area contributed by atoms with Crippen molar-refractivity contribution in [2.24, 2.45) is 0 Å². The van der Waals surface area contributed by atoms with Crippen molar-refractivity contribution in [3.8, 4) is 0 Å². The average molecular weight is 281 g/mol. The SMILES string of the molecule is CC(Cl)CC(C)NCc1c(Cl)cccc1Cl. The van der Waals surface area contributed by atoms with Crippen LogP contribution in [-0.4, -0.2) is 11.4 Å². The first-order valence-electron chi connectivity index (χ1n) is 5.31. The van der Waals surface area contributed by atoms with Crippen LogP contribution in [0.5, 0.6) is 0 Å². The van der Waals surface area contributed by atoms with Crippen LogP contribution < -0.4 is 5.32 Å². The fraction of sp³-hybridized carbons (Fsp3) is 0.500. The predicted molar refractivity (Wildman–Crippen MR) is 72.7 cm³/mol. The normalized spacial score (nSPS) is 14.8. The molecule has 90 valence electrons. The molecule has 0 radical (unpaired) electrons. The molecule has 0 saturated carbocycles. The van der Waals surface area contributed by atoms with Crippen LogP contribution in [-0.2, 0) is 6.54 Å². The Morgan fingerprint density at radius 2 is 1.75 bits per heavy atom. The molecule has 1 aromatic rings. The maximum absolute atomic E-state index is 6.07. The van der Waals surface area contributed by atoms with Crippen molar-refractivity contribution in [2.75, 3.05) is 0 Å². The Balaban J connectivity index is 2.54. The van der Waals surface area contributed by atoms with E-state index in [-0.39, 0.29) is 5.38 Å². The first-order chi connectivity index (χ1) is 7.50. The number of benzene rings is 1. The second-order valence-electron chi connectivity index (χ2n) is 4.00. The van der Waals surface area contributed by atoms with E-state index in [0.717, 1.165) is 12.0 Å². The molecule has 0 aliphatic rings. The van der Waals surface area contributed by atoms with Crippen LogP contribution in [0.4, 0.5) is 0 Å². The molecule has 0 heterocycles. The summed E-state index contributed by atoms with van der Waals surface area (Å²) in [5.74, 6) is 0. The Labute approximate surface area is 112 Å². The summed E-state index contributed by atoms with van der Waals surface area (Å²) in [4.78, 5) is 0. The lowest BCUT2D eigenvalue weighted by Gasteiger charge is -2.16. The highest BCUT2D eigenvalue weighted by Crippen LogP contribution is 2.24. The summed E-state index contributed by atoms with van der Waals surface area (Å²) in [7, 11) is 0. The van der Waals surface area contributed by atoms with Gasteiger partial charge in [-0.2, -0.15) is 0 Å². The number of nitrogens with one attached hydrogen (secondary N) is 1. The van der Waals surface area contributed by atoms with E-state index in [2.05, 4.69) is 12.2 Å². The molecule has 16 heavy (non-hydrogen) atoms. The second kappa shape index (κ2) is 6.70. The minimum absolute atomic E-state index is 0.171. The van der Waals surface area contributed by atoms with Crippen LogP contribution in [0.2, 0.25) is 10.0 Å². The van der Waals surface area contributed by atoms with Gasteiger partial charge in [0, 0.05) is 33.6 Å². The summed E-state index contributed by atoms with van der Waals surface area (Å²) in [5, 5.41) is 4.93. The minimum Gasteiger partial charge on any atom is -0.310 e. The Morgan fingerprint density at radius 3 is 2.25 bits per heavy atom. The largest absolute Gasteiger partial charge is 0.310 e. The molecule has 1 nitrogen and oxygen atoms in total. The molecule has 0 saturated heterocycles. The minimum atomic E-state index is 0.171. The van der Waals surface area contributed by atoms with Gasteiger partial charge in [-0.15, -0.1) is 11.6 Å². The number of alkyl halides is 1. The molecular formula is C12H16Cl3N. The Kier molecular flexibility index (Phi) is 5.91. The highest BCUT2D eigenvalue weighted by Gasteiger charge is 2.09. The van der Waals surface area contributed by atoms with Gasteiger partial charge in [0.25, 0.3) is 0 Å². The third-order valence-electron chi connectivity index (χ3n) is 2.37. The van der Waals surface area contributed by atoms with Crippen LogP contribution in [0.3, 0.4) is 0 Å². The van der Waals surface area contributed by atoms with E-state index in [4.69, 9.17) is 34.8 Å². The molecule has 0 spiro atoms. The van der Waals surface area contributed by atoms with Crippen molar-refractivity contribution < 1.29 is 0 Å². The highest BCUT2D eigenvalue weighted by atomic mass is 35.5. The predicted octanol–water partition coefficient (Wildman–Crippen LogP) is 4.49. The molecule has 4 heteroatoms. The van der Waals surface area contributed by atoms with Crippen LogP contribution in [0.1, 0.15) is 25.8 Å². The average Bonchev–Trinajstić information content (AvgIpc) is 2.15. The molecule has 0 aliphatic carbocycles. The summed E-state index contributed by atoms with van der Waals surface area (Å²) in [5.41, 5.74) is 0.944. The number of rotatable bonds is 5. The van der Waals surface area contributed by atoms with Crippen molar-refractivity contribution in [1.29, 1.82) is 0 Å². The Bertz CT molecular complexity index is 319. The smallest absolute Gasteiger partial charge is 0.0465 e. The van der Waals surface area contributed by atoms with Gasteiger partial charge in [0.2, 0.25) is 0 Å². The second-order valence-corrected chi connectivity index (χ2v) is 5.56. The molecule has 0 bridgehead atoms. The molecule has 2 unspecified atom stereocenters. The zero-order valence-corrected chi connectivity index (χ0v) is 11.7. The van der Waals surface area contributed by atoms with Gasteiger partial charge in [0.1, 0.15) is 0 Å². The van der Waals surface area contributed by atoms with E-state index in [9.17, 15) is 0 Å². The van der Waals surface area contributed by atoms with E-state index in [1.54, 1.807) is 0 Å². The summed E-state index contributed by atoms with van der Waals surface area (Å²) < 4.78 is 0. The topological polar surface area (TPSA) is 12.0 Å². The molecule has 0 aliphatic heterocycles. The maximum Gasteiger partial charge on any atom is 0.0465 e. The van der Waals surface area contributed by atoms with E-state index < -0.39 is 0 Å². The van der Waals surface area contributed by atoms with E-state index >= 15 is 0 Å². The molecular weight excluding hydrogens is 264 g/mol. The zero-order valence-electron chi connectivity index (χ0n) is 9.43. The summed E-state index contributed by atoms with van der Waals surface area (Å²) in [6.45, 7) is 4.76. The lowest BCUT2D eigenvalue weighted by molar-refractivity contribution is 0.511. The lowest BCUT2D eigenvalue weighted by Crippen LogP contribution is -2.27. The summed E-state index contributed by atoms with van der Waals surface area (Å²) in [6.07, 6.45) is 0.920.